The molecule has 4 fully saturated rings. The van der Waals surface area contributed by atoms with Gasteiger partial charge in [-0.15, -0.1) is 0 Å². The Kier molecular flexibility index (Phi) is 19.9. The molecule has 4 radical (unpaired) electrons. The average Bonchev–Trinajstić information content (AvgIpc) is 3.02. The lowest BCUT2D eigenvalue weighted by Crippen LogP contribution is -2.46. The molecule has 4 heterocycles. The number of carbonyl (C=O) groups is 4. The van der Waals surface area contributed by atoms with E-state index in [0.29, 0.717) is 39.0 Å². The lowest BCUT2D eigenvalue weighted by Gasteiger charge is -2.32. The van der Waals surface area contributed by atoms with Crippen LogP contribution in [0.2, 0.25) is 0 Å². The van der Waals surface area contributed by atoms with Crippen molar-refractivity contribution < 1.29 is 28.7 Å². The summed E-state index contributed by atoms with van der Waals surface area (Å²) in [6, 6.07) is 0.234. The summed E-state index contributed by atoms with van der Waals surface area (Å²) in [7, 11) is 10.2. The summed E-state index contributed by atoms with van der Waals surface area (Å²) >= 11 is 3.31. The van der Waals surface area contributed by atoms with Crippen molar-refractivity contribution in [1.29, 1.82) is 0 Å². The minimum Gasteiger partial charge on any atom is -0.379 e. The van der Waals surface area contributed by atoms with Crippen LogP contribution in [0.1, 0.15) is 51.4 Å². The lowest BCUT2D eigenvalue weighted by molar-refractivity contribution is -0.133. The predicted molar refractivity (Wildman–Crippen MR) is 171 cm³/mol. The Bertz CT molecular complexity index is 810. The highest BCUT2D eigenvalue weighted by atomic mass is 79.9. The Labute approximate surface area is 268 Å². The van der Waals surface area contributed by atoms with Crippen LogP contribution in [0.15, 0.2) is 0 Å². The second kappa shape index (κ2) is 22.8. The number of ether oxygens (including phenoxy) is 2. The molecule has 240 valence electrons. The number of nitrogens with zero attached hydrogens (tertiary/aromatic N) is 3. The second-order valence-corrected chi connectivity index (χ2v) is 11.8. The summed E-state index contributed by atoms with van der Waals surface area (Å²) in [6.45, 7) is 11.2. The van der Waals surface area contributed by atoms with Crippen LogP contribution in [0.5, 0.6) is 0 Å². The zero-order chi connectivity index (χ0) is 31.3. The smallest absolute Gasteiger partial charge is 0.222 e. The fourth-order valence-corrected chi connectivity index (χ4v) is 5.56. The third-order valence-electron chi connectivity index (χ3n) is 7.73. The summed E-state index contributed by atoms with van der Waals surface area (Å²) in [5.41, 5.74) is 0. The minimum atomic E-state index is -0.482. The van der Waals surface area contributed by atoms with Crippen molar-refractivity contribution >= 4 is 55.0 Å². The summed E-state index contributed by atoms with van der Waals surface area (Å²) in [5, 5.41) is 9.41. The highest BCUT2D eigenvalue weighted by molar-refractivity contribution is 9.09. The molecular formula is C28H49B2BrN6O6. The predicted octanol–water partition coefficient (Wildman–Crippen LogP) is 0.605. The van der Waals surface area contributed by atoms with Gasteiger partial charge in [-0.2, -0.15) is 0 Å². The van der Waals surface area contributed by atoms with Gasteiger partial charge in [-0.05, 0) is 45.1 Å². The van der Waals surface area contributed by atoms with E-state index in [9.17, 15) is 19.2 Å². The first-order chi connectivity index (χ1) is 20.8. The number of alkyl halides is 1. The zero-order valence-electron chi connectivity index (χ0n) is 25.5. The normalized spacial score (nSPS) is 20.1. The van der Waals surface area contributed by atoms with Gasteiger partial charge in [0.1, 0.15) is 0 Å². The van der Waals surface area contributed by atoms with Crippen LogP contribution in [-0.2, 0) is 19.1 Å². The third kappa shape index (κ3) is 17.4. The van der Waals surface area contributed by atoms with Crippen molar-refractivity contribution in [3.05, 3.63) is 0 Å². The maximum absolute atomic E-state index is 12.1. The van der Waals surface area contributed by atoms with Gasteiger partial charge in [-0.3, -0.25) is 24.1 Å². The van der Waals surface area contributed by atoms with E-state index in [-0.39, 0.29) is 23.9 Å². The van der Waals surface area contributed by atoms with Crippen molar-refractivity contribution in [3.63, 3.8) is 0 Å². The lowest BCUT2D eigenvalue weighted by atomic mass is 10.0. The van der Waals surface area contributed by atoms with E-state index in [1.54, 1.807) is 0 Å². The molecule has 0 unspecified atom stereocenters. The number of hydrogen-bond donors (Lipinski definition) is 3. The molecule has 4 amide bonds. The quantitative estimate of drug-likeness (QED) is 0.241. The van der Waals surface area contributed by atoms with Gasteiger partial charge < -0.3 is 35.2 Å². The monoisotopic (exact) mass is 666 g/mol. The number of amides is 4. The molecule has 0 atom stereocenters. The highest BCUT2D eigenvalue weighted by Crippen LogP contribution is 2.13. The van der Waals surface area contributed by atoms with Crippen LogP contribution >= 0.6 is 15.9 Å². The number of nitrogens with one attached hydrogen (secondary N) is 3. The molecule has 12 nitrogen and oxygen atoms in total. The molecule has 0 spiro atoms. The topological polar surface area (TPSA) is 133 Å². The standard InChI is InChI=1S/C14H24BN3O3.C10H16BBrN2O2.C4H9NO/c15-14(20)16-12-3-6-18(7-4-12)13(19)2-1-5-17-8-10-21-11-9-17;11-10(16)13-8-3-6-14(7-4-8)9(15)2-1-5-12;1-3-6-4-2-5-1/h12H,1-11H2,(H,16,20);8H,1-7H2,(H,13,16);5H,1-4H2. The van der Waals surface area contributed by atoms with Gasteiger partial charge in [-0.1, -0.05) is 15.9 Å². The summed E-state index contributed by atoms with van der Waals surface area (Å²) in [4.78, 5) is 51.4. The third-order valence-corrected chi connectivity index (χ3v) is 8.29. The average molecular weight is 667 g/mol. The van der Waals surface area contributed by atoms with Crippen molar-refractivity contribution in [2.24, 2.45) is 0 Å². The van der Waals surface area contributed by atoms with Crippen LogP contribution in [0.3, 0.4) is 0 Å². The fourth-order valence-electron chi connectivity index (χ4n) is 5.28. The molecule has 0 saturated carbocycles. The van der Waals surface area contributed by atoms with Crippen molar-refractivity contribution in [1.82, 2.24) is 30.7 Å². The second-order valence-electron chi connectivity index (χ2n) is 11.0. The Morgan fingerprint density at radius 1 is 0.698 bits per heavy atom. The minimum absolute atomic E-state index is 0.111. The molecule has 0 aromatic heterocycles. The SMILES string of the molecule is C1COCCN1.[B]C(=O)NC1CCN(C(=O)CCCBr)CC1.[B]C(=O)NC1CCN(C(=O)CCCN2CCOCC2)CC1. The van der Waals surface area contributed by atoms with Gasteiger partial charge in [-0.25, -0.2) is 0 Å². The number of hydrogen-bond acceptors (Lipinski definition) is 8. The van der Waals surface area contributed by atoms with E-state index in [4.69, 9.17) is 25.2 Å². The zero-order valence-corrected chi connectivity index (χ0v) is 27.1. The first-order valence-electron chi connectivity index (χ1n) is 15.6. The molecule has 43 heavy (non-hydrogen) atoms. The Morgan fingerprint density at radius 3 is 1.51 bits per heavy atom. The van der Waals surface area contributed by atoms with Crippen LogP contribution in [0, 0.1) is 0 Å². The maximum atomic E-state index is 12.1. The molecule has 0 aromatic carbocycles. The van der Waals surface area contributed by atoms with Gasteiger partial charge >= 0.3 is 0 Å². The molecule has 4 aliphatic heterocycles. The Hall–Kier alpha value is -1.67. The molecular weight excluding hydrogens is 618 g/mol. The van der Waals surface area contributed by atoms with Gasteiger partial charge in [0.15, 0.2) is 11.6 Å². The van der Waals surface area contributed by atoms with Crippen molar-refractivity contribution in [3.8, 4) is 0 Å². The van der Waals surface area contributed by atoms with Crippen LogP contribution in [0.4, 0.5) is 9.59 Å². The number of halogens is 1. The number of carbonyl (C=O) groups excluding carboxylic acids is 4. The summed E-state index contributed by atoms with van der Waals surface area (Å²) < 4.78 is 10.3. The van der Waals surface area contributed by atoms with Gasteiger partial charge in [0.2, 0.25) is 27.5 Å². The maximum Gasteiger partial charge on any atom is 0.222 e. The number of piperidine rings is 2. The van der Waals surface area contributed by atoms with E-state index < -0.39 is 11.6 Å². The van der Waals surface area contributed by atoms with Crippen LogP contribution < -0.4 is 16.0 Å². The number of rotatable bonds is 9. The van der Waals surface area contributed by atoms with E-state index in [2.05, 4.69) is 36.8 Å². The van der Waals surface area contributed by atoms with Crippen LogP contribution in [0.25, 0.3) is 0 Å². The van der Waals surface area contributed by atoms with Gasteiger partial charge in [0.05, 0.1) is 26.4 Å². The fraction of sp³-hybridized carbons (Fsp3) is 0.857. The largest absolute Gasteiger partial charge is 0.379 e. The van der Waals surface area contributed by atoms with Crippen molar-refractivity contribution in [2.75, 3.05) is 90.7 Å². The summed E-state index contributed by atoms with van der Waals surface area (Å²) in [6.07, 6.45) is 6.14. The van der Waals surface area contributed by atoms with Gasteiger partial charge in [0.25, 0.3) is 0 Å². The van der Waals surface area contributed by atoms with E-state index in [0.717, 1.165) is 103 Å². The Morgan fingerprint density at radius 2 is 1.14 bits per heavy atom. The molecule has 4 rings (SSSR count). The molecule has 3 N–H and O–H groups in total. The highest BCUT2D eigenvalue weighted by Gasteiger charge is 2.24. The van der Waals surface area contributed by atoms with E-state index >= 15 is 0 Å². The van der Waals surface area contributed by atoms with Crippen molar-refractivity contribution in [2.45, 2.75) is 63.5 Å². The molecule has 0 bridgehead atoms. The molecule has 0 aliphatic carbocycles. The number of likely N-dealkylation sites (tertiary alicyclic amines) is 2. The summed E-state index contributed by atoms with van der Waals surface area (Å²) in [5.74, 6) is -0.535. The Balaban J connectivity index is 0.000000257. The molecule has 4 aliphatic rings. The first kappa shape index (κ1) is 37.5. The first-order valence-corrected chi connectivity index (χ1v) is 16.7. The molecule has 15 heteroatoms. The molecule has 4 saturated heterocycles. The van der Waals surface area contributed by atoms with Gasteiger partial charge in [0, 0.05) is 82.6 Å². The number of morpholine rings is 2. The van der Waals surface area contributed by atoms with E-state index in [1.807, 2.05) is 9.80 Å². The van der Waals surface area contributed by atoms with E-state index in [1.165, 1.54) is 0 Å². The molecule has 0 aromatic rings. The van der Waals surface area contributed by atoms with Crippen LogP contribution in [-0.4, -0.2) is 157 Å².